The van der Waals surface area contributed by atoms with E-state index in [-0.39, 0.29) is 11.4 Å². The van der Waals surface area contributed by atoms with Gasteiger partial charge >= 0.3 is 5.97 Å². The first kappa shape index (κ1) is 14.2. The SMILES string of the molecule is Cc1nc(C(C)(C)C)sc1C(=O)OC(C)(C)C. The van der Waals surface area contributed by atoms with Crippen molar-refractivity contribution < 1.29 is 9.53 Å². The number of thiazole rings is 1. The van der Waals surface area contributed by atoms with E-state index in [1.807, 2.05) is 27.7 Å². The van der Waals surface area contributed by atoms with Gasteiger partial charge in [0, 0.05) is 5.41 Å². The number of aromatic nitrogens is 1. The minimum absolute atomic E-state index is 0.0321. The van der Waals surface area contributed by atoms with E-state index in [0.29, 0.717) is 4.88 Å². The summed E-state index contributed by atoms with van der Waals surface area (Å²) in [6, 6.07) is 0. The molecule has 0 unspecified atom stereocenters. The van der Waals surface area contributed by atoms with E-state index in [4.69, 9.17) is 4.74 Å². The van der Waals surface area contributed by atoms with Crippen molar-refractivity contribution in [2.24, 2.45) is 0 Å². The van der Waals surface area contributed by atoms with Crippen LogP contribution in [0.1, 0.15) is 61.9 Å². The summed E-state index contributed by atoms with van der Waals surface area (Å²) < 4.78 is 5.36. The van der Waals surface area contributed by atoms with E-state index >= 15 is 0 Å². The maximum Gasteiger partial charge on any atom is 0.350 e. The highest BCUT2D eigenvalue weighted by atomic mass is 32.1. The first-order valence-electron chi connectivity index (χ1n) is 5.72. The highest BCUT2D eigenvalue weighted by Gasteiger charge is 2.26. The Morgan fingerprint density at radius 2 is 1.71 bits per heavy atom. The zero-order valence-electron chi connectivity index (χ0n) is 11.7. The van der Waals surface area contributed by atoms with Crippen molar-refractivity contribution in [1.29, 1.82) is 0 Å². The molecule has 1 heterocycles. The minimum Gasteiger partial charge on any atom is -0.456 e. The van der Waals surface area contributed by atoms with Crippen LogP contribution in [0.5, 0.6) is 0 Å². The van der Waals surface area contributed by atoms with E-state index < -0.39 is 5.60 Å². The van der Waals surface area contributed by atoms with E-state index in [1.165, 1.54) is 11.3 Å². The maximum atomic E-state index is 12.0. The molecular weight excluding hydrogens is 234 g/mol. The largest absolute Gasteiger partial charge is 0.456 e. The van der Waals surface area contributed by atoms with Crippen LogP contribution < -0.4 is 0 Å². The lowest BCUT2D eigenvalue weighted by Gasteiger charge is -2.18. The van der Waals surface area contributed by atoms with Gasteiger partial charge in [-0.2, -0.15) is 0 Å². The summed E-state index contributed by atoms with van der Waals surface area (Å²) in [5, 5.41) is 0.968. The topological polar surface area (TPSA) is 39.2 Å². The molecule has 0 aromatic carbocycles. The number of rotatable bonds is 1. The van der Waals surface area contributed by atoms with Crippen LogP contribution in [0.4, 0.5) is 0 Å². The highest BCUT2D eigenvalue weighted by Crippen LogP contribution is 2.30. The number of ether oxygens (including phenoxy) is 1. The van der Waals surface area contributed by atoms with E-state index in [2.05, 4.69) is 25.8 Å². The van der Waals surface area contributed by atoms with Crippen molar-refractivity contribution in [2.75, 3.05) is 0 Å². The molecule has 0 spiro atoms. The lowest BCUT2D eigenvalue weighted by atomic mass is 9.98. The summed E-state index contributed by atoms with van der Waals surface area (Å²) in [4.78, 5) is 17.0. The molecule has 1 aromatic rings. The molecule has 96 valence electrons. The Morgan fingerprint density at radius 1 is 1.18 bits per heavy atom. The predicted octanol–water partition coefficient (Wildman–Crippen LogP) is 3.70. The van der Waals surface area contributed by atoms with Gasteiger partial charge in [-0.3, -0.25) is 0 Å². The highest BCUT2D eigenvalue weighted by molar-refractivity contribution is 7.13. The van der Waals surface area contributed by atoms with Gasteiger partial charge in [-0.25, -0.2) is 9.78 Å². The van der Waals surface area contributed by atoms with Crippen molar-refractivity contribution in [3.8, 4) is 0 Å². The summed E-state index contributed by atoms with van der Waals surface area (Å²) in [7, 11) is 0. The predicted molar refractivity (Wildman–Crippen MR) is 70.7 cm³/mol. The Balaban J connectivity index is 3.00. The Bertz CT molecular complexity index is 422. The number of carbonyl (C=O) groups excluding carboxylic acids is 1. The molecule has 3 nitrogen and oxygen atoms in total. The van der Waals surface area contributed by atoms with Gasteiger partial charge in [-0.1, -0.05) is 20.8 Å². The van der Waals surface area contributed by atoms with E-state index in [9.17, 15) is 4.79 Å². The normalized spacial score (nSPS) is 12.6. The molecular formula is C13H21NO2S. The summed E-state index contributed by atoms with van der Waals surface area (Å²) in [5.74, 6) is -0.275. The third-order valence-corrected chi connectivity index (χ3v) is 3.59. The fourth-order valence-electron chi connectivity index (χ4n) is 1.23. The smallest absolute Gasteiger partial charge is 0.350 e. The summed E-state index contributed by atoms with van der Waals surface area (Å²) in [5.41, 5.74) is 0.264. The zero-order chi connectivity index (χ0) is 13.4. The van der Waals surface area contributed by atoms with Crippen LogP contribution in [0.25, 0.3) is 0 Å². The van der Waals surface area contributed by atoms with Crippen molar-refractivity contribution in [1.82, 2.24) is 4.98 Å². The average Bonchev–Trinajstić information content (AvgIpc) is 2.42. The van der Waals surface area contributed by atoms with Crippen LogP contribution in [0, 0.1) is 6.92 Å². The molecule has 4 heteroatoms. The van der Waals surface area contributed by atoms with Crippen molar-refractivity contribution in [2.45, 2.75) is 59.5 Å². The number of carbonyl (C=O) groups is 1. The van der Waals surface area contributed by atoms with Crippen LogP contribution in [0.15, 0.2) is 0 Å². The number of hydrogen-bond donors (Lipinski definition) is 0. The quantitative estimate of drug-likeness (QED) is 0.718. The van der Waals surface area contributed by atoms with Gasteiger partial charge in [-0.15, -0.1) is 11.3 Å². The minimum atomic E-state index is -0.463. The van der Waals surface area contributed by atoms with E-state index in [1.54, 1.807) is 0 Å². The fourth-order valence-corrected chi connectivity index (χ4v) is 2.23. The molecule has 1 aromatic heterocycles. The standard InChI is InChI=1S/C13H21NO2S/c1-8-9(10(15)16-13(5,6)7)17-11(14-8)12(2,3)4/h1-7H3. The van der Waals surface area contributed by atoms with Gasteiger partial charge in [0.1, 0.15) is 10.5 Å². The lowest BCUT2D eigenvalue weighted by Crippen LogP contribution is -2.23. The number of esters is 1. The molecule has 0 radical (unpaired) electrons. The summed E-state index contributed by atoms with van der Waals surface area (Å²) in [6.07, 6.45) is 0. The second-order valence-electron chi connectivity index (χ2n) is 6.19. The maximum absolute atomic E-state index is 12.0. The molecule has 0 saturated carbocycles. The number of aryl methyl sites for hydroxylation is 1. The second-order valence-corrected chi connectivity index (χ2v) is 7.18. The lowest BCUT2D eigenvalue weighted by molar-refractivity contribution is 0.00742. The number of hydrogen-bond acceptors (Lipinski definition) is 4. The molecule has 0 atom stereocenters. The molecule has 0 aliphatic rings. The third-order valence-electron chi connectivity index (χ3n) is 2.02. The molecule has 0 N–H and O–H groups in total. The Hall–Kier alpha value is -0.900. The van der Waals surface area contributed by atoms with Crippen LogP contribution in [-0.2, 0) is 10.2 Å². The van der Waals surface area contributed by atoms with Gasteiger partial charge in [-0.05, 0) is 27.7 Å². The molecule has 1 rings (SSSR count). The molecule has 0 bridgehead atoms. The van der Waals surface area contributed by atoms with Crippen LogP contribution in [0.2, 0.25) is 0 Å². The molecule has 0 fully saturated rings. The van der Waals surface area contributed by atoms with Crippen LogP contribution in [0.3, 0.4) is 0 Å². The first-order chi connectivity index (χ1) is 7.50. The Labute approximate surface area is 107 Å². The van der Waals surface area contributed by atoms with Crippen molar-refractivity contribution in [3.63, 3.8) is 0 Å². The Morgan fingerprint density at radius 3 is 2.06 bits per heavy atom. The van der Waals surface area contributed by atoms with E-state index in [0.717, 1.165) is 10.7 Å². The molecule has 0 amide bonds. The van der Waals surface area contributed by atoms with Gasteiger partial charge in [0.25, 0.3) is 0 Å². The molecule has 0 aliphatic carbocycles. The first-order valence-corrected chi connectivity index (χ1v) is 6.53. The average molecular weight is 255 g/mol. The zero-order valence-corrected chi connectivity index (χ0v) is 12.5. The van der Waals surface area contributed by atoms with Crippen LogP contribution >= 0.6 is 11.3 Å². The summed E-state index contributed by atoms with van der Waals surface area (Å²) >= 11 is 1.43. The Kier molecular flexibility index (Phi) is 3.67. The van der Waals surface area contributed by atoms with Gasteiger partial charge in [0.15, 0.2) is 0 Å². The van der Waals surface area contributed by atoms with Gasteiger partial charge in [0.05, 0.1) is 10.7 Å². The van der Waals surface area contributed by atoms with Gasteiger partial charge < -0.3 is 4.74 Å². The van der Waals surface area contributed by atoms with Crippen molar-refractivity contribution >= 4 is 17.3 Å². The summed E-state index contributed by atoms with van der Waals surface area (Å²) in [6.45, 7) is 13.7. The van der Waals surface area contributed by atoms with Crippen LogP contribution in [-0.4, -0.2) is 16.6 Å². The molecule has 17 heavy (non-hydrogen) atoms. The van der Waals surface area contributed by atoms with Gasteiger partial charge in [0.2, 0.25) is 0 Å². The third kappa shape index (κ3) is 3.80. The second kappa shape index (κ2) is 4.41. The molecule has 0 aliphatic heterocycles. The number of nitrogens with zero attached hydrogens (tertiary/aromatic N) is 1. The van der Waals surface area contributed by atoms with Crippen molar-refractivity contribution in [3.05, 3.63) is 15.6 Å². The molecule has 0 saturated heterocycles. The monoisotopic (exact) mass is 255 g/mol. The fraction of sp³-hybridized carbons (Fsp3) is 0.692.